The molecule has 0 bridgehead atoms. The van der Waals surface area contributed by atoms with E-state index in [0.717, 1.165) is 12.2 Å². The van der Waals surface area contributed by atoms with Crippen molar-refractivity contribution < 1.29 is 9.53 Å². The summed E-state index contributed by atoms with van der Waals surface area (Å²) in [6, 6.07) is 8.16. The van der Waals surface area contributed by atoms with Crippen molar-refractivity contribution >= 4 is 5.78 Å². The van der Waals surface area contributed by atoms with Crippen molar-refractivity contribution in [2.45, 2.75) is 25.8 Å². The van der Waals surface area contributed by atoms with E-state index in [1.165, 1.54) is 5.56 Å². The van der Waals surface area contributed by atoms with Gasteiger partial charge in [-0.3, -0.25) is 0 Å². The Morgan fingerprint density at radius 2 is 2.00 bits per heavy atom. The molecule has 1 unspecified atom stereocenters. The molecule has 0 radical (unpaired) electrons. The van der Waals surface area contributed by atoms with E-state index in [1.54, 1.807) is 14.0 Å². The molecule has 0 heterocycles. The molecule has 0 aromatic heterocycles. The SMILES string of the molecule is CNC(CCC(C)=O)c1ccc(OC)cc1. The molecule has 0 aliphatic carbocycles. The number of benzene rings is 1. The van der Waals surface area contributed by atoms with Crippen molar-refractivity contribution in [2.75, 3.05) is 14.2 Å². The molecule has 0 spiro atoms. The summed E-state index contributed by atoms with van der Waals surface area (Å²) in [5, 5.41) is 3.22. The van der Waals surface area contributed by atoms with Crippen molar-refractivity contribution in [1.29, 1.82) is 0 Å². The summed E-state index contributed by atoms with van der Waals surface area (Å²) in [5.41, 5.74) is 1.18. The molecule has 0 amide bonds. The molecule has 0 fully saturated rings. The third kappa shape index (κ3) is 3.66. The number of Topliss-reactive ketones (excluding diaryl/α,β-unsaturated/α-hetero) is 1. The largest absolute Gasteiger partial charge is 0.497 e. The number of hydrogen-bond acceptors (Lipinski definition) is 3. The number of carbonyl (C=O) groups is 1. The van der Waals surface area contributed by atoms with Gasteiger partial charge in [0, 0.05) is 12.5 Å². The second-order valence-corrected chi connectivity index (χ2v) is 3.86. The topological polar surface area (TPSA) is 38.3 Å². The standard InChI is InChI=1S/C13H19NO2/c1-10(15)4-9-13(14-2)11-5-7-12(16-3)8-6-11/h5-8,13-14H,4,9H2,1-3H3. The van der Waals surface area contributed by atoms with Crippen LogP contribution in [0.25, 0.3) is 0 Å². The molecule has 3 heteroatoms. The van der Waals surface area contributed by atoms with E-state index in [0.29, 0.717) is 6.42 Å². The van der Waals surface area contributed by atoms with Crippen LogP contribution < -0.4 is 10.1 Å². The first-order valence-corrected chi connectivity index (χ1v) is 5.48. The molecule has 88 valence electrons. The molecule has 3 nitrogen and oxygen atoms in total. The summed E-state index contributed by atoms with van der Waals surface area (Å²) in [7, 11) is 3.56. The summed E-state index contributed by atoms with van der Waals surface area (Å²) >= 11 is 0. The molecule has 1 atom stereocenters. The van der Waals surface area contributed by atoms with Gasteiger partial charge < -0.3 is 14.8 Å². The highest BCUT2D eigenvalue weighted by Crippen LogP contribution is 2.21. The Balaban J connectivity index is 2.66. The number of ether oxygens (including phenoxy) is 1. The van der Waals surface area contributed by atoms with Crippen LogP contribution >= 0.6 is 0 Å². The third-order valence-corrected chi connectivity index (χ3v) is 2.65. The van der Waals surface area contributed by atoms with Gasteiger partial charge in [0.2, 0.25) is 0 Å². The van der Waals surface area contributed by atoms with Gasteiger partial charge in [-0.15, -0.1) is 0 Å². The minimum Gasteiger partial charge on any atom is -0.497 e. The lowest BCUT2D eigenvalue weighted by molar-refractivity contribution is -0.117. The van der Waals surface area contributed by atoms with Gasteiger partial charge in [0.05, 0.1) is 7.11 Å². The fraction of sp³-hybridized carbons (Fsp3) is 0.462. The van der Waals surface area contributed by atoms with E-state index < -0.39 is 0 Å². The summed E-state index contributed by atoms with van der Waals surface area (Å²) in [5.74, 6) is 1.08. The molecular formula is C13H19NO2. The van der Waals surface area contributed by atoms with Crippen LogP contribution in [0.15, 0.2) is 24.3 Å². The molecule has 0 aliphatic rings. The van der Waals surface area contributed by atoms with Crippen molar-refractivity contribution in [2.24, 2.45) is 0 Å². The monoisotopic (exact) mass is 221 g/mol. The summed E-state index contributed by atoms with van der Waals surface area (Å²) in [6.07, 6.45) is 1.44. The Bertz CT molecular complexity index is 332. The van der Waals surface area contributed by atoms with Gasteiger partial charge in [0.1, 0.15) is 11.5 Å². The predicted octanol–water partition coefficient (Wildman–Crippen LogP) is 2.32. The quantitative estimate of drug-likeness (QED) is 0.801. The fourth-order valence-corrected chi connectivity index (χ4v) is 1.66. The van der Waals surface area contributed by atoms with E-state index in [9.17, 15) is 4.79 Å². The zero-order valence-corrected chi connectivity index (χ0v) is 10.1. The van der Waals surface area contributed by atoms with Crippen molar-refractivity contribution in [1.82, 2.24) is 5.32 Å². The van der Waals surface area contributed by atoms with E-state index >= 15 is 0 Å². The maximum absolute atomic E-state index is 10.9. The fourth-order valence-electron chi connectivity index (χ4n) is 1.66. The van der Waals surface area contributed by atoms with Crippen LogP contribution in [-0.4, -0.2) is 19.9 Å². The maximum atomic E-state index is 10.9. The second-order valence-electron chi connectivity index (χ2n) is 3.86. The lowest BCUT2D eigenvalue weighted by Crippen LogP contribution is -2.17. The maximum Gasteiger partial charge on any atom is 0.129 e. The highest BCUT2D eigenvalue weighted by Gasteiger charge is 2.09. The van der Waals surface area contributed by atoms with E-state index in [-0.39, 0.29) is 11.8 Å². The van der Waals surface area contributed by atoms with Crippen LogP contribution in [0.2, 0.25) is 0 Å². The van der Waals surface area contributed by atoms with Gasteiger partial charge in [0.15, 0.2) is 0 Å². The Hall–Kier alpha value is -1.35. The second kappa shape index (κ2) is 6.28. The van der Waals surface area contributed by atoms with Gasteiger partial charge in [-0.05, 0) is 38.1 Å². The molecule has 0 saturated heterocycles. The van der Waals surface area contributed by atoms with Gasteiger partial charge in [0.25, 0.3) is 0 Å². The number of ketones is 1. The molecule has 1 aromatic carbocycles. The zero-order chi connectivity index (χ0) is 12.0. The lowest BCUT2D eigenvalue weighted by Gasteiger charge is -2.16. The molecule has 1 rings (SSSR count). The Labute approximate surface area is 96.8 Å². The van der Waals surface area contributed by atoms with Gasteiger partial charge >= 0.3 is 0 Å². The van der Waals surface area contributed by atoms with Gasteiger partial charge in [-0.2, -0.15) is 0 Å². The summed E-state index contributed by atoms with van der Waals surface area (Å²) in [4.78, 5) is 10.9. The van der Waals surface area contributed by atoms with E-state index in [2.05, 4.69) is 5.32 Å². The smallest absolute Gasteiger partial charge is 0.129 e. The lowest BCUT2D eigenvalue weighted by atomic mass is 10.0. The van der Waals surface area contributed by atoms with Crippen LogP contribution in [-0.2, 0) is 4.79 Å². The van der Waals surface area contributed by atoms with Crippen LogP contribution in [0, 0.1) is 0 Å². The van der Waals surface area contributed by atoms with Crippen LogP contribution in [0.4, 0.5) is 0 Å². The first-order valence-electron chi connectivity index (χ1n) is 5.48. The minimum absolute atomic E-state index is 0.230. The molecule has 0 aliphatic heterocycles. The van der Waals surface area contributed by atoms with Crippen LogP contribution in [0.5, 0.6) is 5.75 Å². The Kier molecular flexibility index (Phi) is 4.99. The number of nitrogens with one attached hydrogen (secondary N) is 1. The third-order valence-electron chi connectivity index (χ3n) is 2.65. The number of hydrogen-bond donors (Lipinski definition) is 1. The number of methoxy groups -OCH3 is 1. The van der Waals surface area contributed by atoms with E-state index in [1.807, 2.05) is 31.3 Å². The van der Waals surface area contributed by atoms with E-state index in [4.69, 9.17) is 4.74 Å². The Morgan fingerprint density at radius 3 is 2.44 bits per heavy atom. The molecule has 1 aromatic rings. The number of rotatable bonds is 6. The van der Waals surface area contributed by atoms with Gasteiger partial charge in [-0.25, -0.2) is 0 Å². The first-order chi connectivity index (χ1) is 7.67. The Morgan fingerprint density at radius 1 is 1.38 bits per heavy atom. The average Bonchev–Trinajstić information content (AvgIpc) is 2.30. The predicted molar refractivity (Wildman–Crippen MR) is 64.7 cm³/mol. The van der Waals surface area contributed by atoms with Crippen LogP contribution in [0.1, 0.15) is 31.4 Å². The van der Waals surface area contributed by atoms with Crippen molar-refractivity contribution in [3.05, 3.63) is 29.8 Å². The minimum atomic E-state index is 0.230. The average molecular weight is 221 g/mol. The van der Waals surface area contributed by atoms with Gasteiger partial charge in [-0.1, -0.05) is 12.1 Å². The summed E-state index contributed by atoms with van der Waals surface area (Å²) in [6.45, 7) is 1.63. The zero-order valence-electron chi connectivity index (χ0n) is 10.1. The molecule has 1 N–H and O–H groups in total. The number of carbonyl (C=O) groups excluding carboxylic acids is 1. The normalized spacial score (nSPS) is 12.2. The molecular weight excluding hydrogens is 202 g/mol. The molecule has 16 heavy (non-hydrogen) atoms. The highest BCUT2D eigenvalue weighted by molar-refractivity contribution is 5.75. The highest BCUT2D eigenvalue weighted by atomic mass is 16.5. The van der Waals surface area contributed by atoms with Crippen molar-refractivity contribution in [3.63, 3.8) is 0 Å². The first kappa shape index (κ1) is 12.7. The van der Waals surface area contributed by atoms with Crippen LogP contribution in [0.3, 0.4) is 0 Å². The molecule has 0 saturated carbocycles. The van der Waals surface area contributed by atoms with Crippen molar-refractivity contribution in [3.8, 4) is 5.75 Å². The summed E-state index contributed by atoms with van der Waals surface area (Å²) < 4.78 is 5.11.